The minimum atomic E-state index is -0.961. The van der Waals surface area contributed by atoms with E-state index in [1.807, 2.05) is 7.05 Å². The second-order valence-electron chi connectivity index (χ2n) is 4.89. The van der Waals surface area contributed by atoms with E-state index in [9.17, 15) is 4.79 Å². The fraction of sp³-hybridized carbons (Fsp3) is 0.125. The number of aromatic nitrogens is 2. The summed E-state index contributed by atoms with van der Waals surface area (Å²) < 4.78 is 2.07. The molecule has 3 aromatic rings. The Bertz CT molecular complexity index is 801. The van der Waals surface area contributed by atoms with Crippen LogP contribution in [0.25, 0.3) is 22.3 Å². The number of carbonyl (C=O) groups is 1. The van der Waals surface area contributed by atoms with E-state index in [-0.39, 0.29) is 5.56 Å². The predicted octanol–water partition coefficient (Wildman–Crippen LogP) is 3.25. The molecule has 0 bridgehead atoms. The standard InChI is InChI=1S/C16H14N2O2/c1-10-3-4-11-8-15(18(2)14(11)7-10)13-6-5-12(9-17-13)16(19)20/h3-9H,1-2H3,(H,19,20). The summed E-state index contributed by atoms with van der Waals surface area (Å²) >= 11 is 0. The Morgan fingerprint density at radius 3 is 2.65 bits per heavy atom. The fourth-order valence-electron chi connectivity index (χ4n) is 2.36. The Kier molecular flexibility index (Phi) is 2.79. The molecule has 0 aliphatic carbocycles. The average Bonchev–Trinajstić information content (AvgIpc) is 2.76. The Morgan fingerprint density at radius 2 is 2.00 bits per heavy atom. The Labute approximate surface area is 116 Å². The first-order valence-electron chi connectivity index (χ1n) is 6.32. The largest absolute Gasteiger partial charge is 0.478 e. The zero-order chi connectivity index (χ0) is 14.3. The summed E-state index contributed by atoms with van der Waals surface area (Å²) in [6.45, 7) is 2.06. The fourth-order valence-corrected chi connectivity index (χ4v) is 2.36. The molecule has 0 fully saturated rings. The predicted molar refractivity (Wildman–Crippen MR) is 77.8 cm³/mol. The molecule has 0 aliphatic heterocycles. The van der Waals surface area contributed by atoms with Crippen LogP contribution in [-0.2, 0) is 7.05 Å². The van der Waals surface area contributed by atoms with Crippen LogP contribution in [0.1, 0.15) is 15.9 Å². The van der Waals surface area contributed by atoms with Gasteiger partial charge in [-0.05, 0) is 36.8 Å². The van der Waals surface area contributed by atoms with E-state index in [1.54, 1.807) is 12.1 Å². The number of hydrogen-bond donors (Lipinski definition) is 1. The first-order valence-corrected chi connectivity index (χ1v) is 6.32. The molecule has 100 valence electrons. The molecule has 1 N–H and O–H groups in total. The molecule has 4 nitrogen and oxygen atoms in total. The number of aromatic carboxylic acids is 1. The van der Waals surface area contributed by atoms with E-state index in [1.165, 1.54) is 11.8 Å². The third kappa shape index (κ3) is 1.95. The molecule has 0 amide bonds. The number of aryl methyl sites for hydroxylation is 2. The van der Waals surface area contributed by atoms with Crippen LogP contribution in [-0.4, -0.2) is 20.6 Å². The second kappa shape index (κ2) is 4.49. The molecule has 3 rings (SSSR count). The van der Waals surface area contributed by atoms with Gasteiger partial charge in [-0.15, -0.1) is 0 Å². The Balaban J connectivity index is 2.14. The van der Waals surface area contributed by atoms with E-state index in [4.69, 9.17) is 5.11 Å². The van der Waals surface area contributed by atoms with Crippen molar-refractivity contribution >= 4 is 16.9 Å². The lowest BCUT2D eigenvalue weighted by Crippen LogP contribution is -1.98. The number of hydrogen-bond acceptors (Lipinski definition) is 2. The van der Waals surface area contributed by atoms with Gasteiger partial charge in [-0.1, -0.05) is 12.1 Å². The van der Waals surface area contributed by atoms with Crippen molar-refractivity contribution in [3.63, 3.8) is 0 Å². The van der Waals surface area contributed by atoms with Crippen LogP contribution in [0.2, 0.25) is 0 Å². The first kappa shape index (κ1) is 12.4. The maximum atomic E-state index is 10.8. The number of rotatable bonds is 2. The van der Waals surface area contributed by atoms with Crippen LogP contribution < -0.4 is 0 Å². The highest BCUT2D eigenvalue weighted by molar-refractivity contribution is 5.89. The van der Waals surface area contributed by atoms with Crippen molar-refractivity contribution in [1.82, 2.24) is 9.55 Å². The van der Waals surface area contributed by atoms with Crippen molar-refractivity contribution in [1.29, 1.82) is 0 Å². The lowest BCUT2D eigenvalue weighted by atomic mass is 10.2. The Hall–Kier alpha value is -2.62. The smallest absolute Gasteiger partial charge is 0.337 e. The number of carboxylic acid groups (broad SMARTS) is 1. The number of benzene rings is 1. The van der Waals surface area contributed by atoms with Crippen LogP contribution in [0.3, 0.4) is 0 Å². The second-order valence-corrected chi connectivity index (χ2v) is 4.89. The average molecular weight is 266 g/mol. The van der Waals surface area contributed by atoms with Crippen molar-refractivity contribution in [2.75, 3.05) is 0 Å². The number of carboxylic acids is 1. The number of pyridine rings is 1. The lowest BCUT2D eigenvalue weighted by molar-refractivity contribution is 0.0696. The summed E-state index contributed by atoms with van der Waals surface area (Å²) in [7, 11) is 1.99. The molecule has 0 saturated heterocycles. The van der Waals surface area contributed by atoms with Gasteiger partial charge in [-0.25, -0.2) is 4.79 Å². The molecule has 1 aromatic carbocycles. The summed E-state index contributed by atoms with van der Waals surface area (Å²) in [6, 6.07) is 11.7. The van der Waals surface area contributed by atoms with Gasteiger partial charge in [0.1, 0.15) is 0 Å². The van der Waals surface area contributed by atoms with Gasteiger partial charge < -0.3 is 9.67 Å². The van der Waals surface area contributed by atoms with Crippen molar-refractivity contribution in [2.45, 2.75) is 6.92 Å². The highest BCUT2D eigenvalue weighted by Crippen LogP contribution is 2.26. The van der Waals surface area contributed by atoms with Gasteiger partial charge in [-0.2, -0.15) is 0 Å². The summed E-state index contributed by atoms with van der Waals surface area (Å²) in [5.41, 5.74) is 4.29. The van der Waals surface area contributed by atoms with Gasteiger partial charge in [-0.3, -0.25) is 4.98 Å². The van der Waals surface area contributed by atoms with Gasteiger partial charge in [0.15, 0.2) is 0 Å². The highest BCUT2D eigenvalue weighted by atomic mass is 16.4. The van der Waals surface area contributed by atoms with E-state index in [0.29, 0.717) is 0 Å². The zero-order valence-electron chi connectivity index (χ0n) is 11.3. The molecule has 0 radical (unpaired) electrons. The molecule has 2 aromatic heterocycles. The maximum Gasteiger partial charge on any atom is 0.337 e. The minimum Gasteiger partial charge on any atom is -0.478 e. The monoisotopic (exact) mass is 266 g/mol. The summed E-state index contributed by atoms with van der Waals surface area (Å²) in [5.74, 6) is -0.961. The normalized spacial score (nSPS) is 10.9. The lowest BCUT2D eigenvalue weighted by Gasteiger charge is -2.04. The minimum absolute atomic E-state index is 0.198. The van der Waals surface area contributed by atoms with Crippen molar-refractivity contribution in [2.24, 2.45) is 7.05 Å². The highest BCUT2D eigenvalue weighted by Gasteiger charge is 2.10. The molecule has 2 heterocycles. The third-order valence-corrected chi connectivity index (χ3v) is 3.47. The van der Waals surface area contributed by atoms with Crippen molar-refractivity contribution in [3.8, 4) is 11.4 Å². The van der Waals surface area contributed by atoms with Crippen LogP contribution in [0.15, 0.2) is 42.6 Å². The summed E-state index contributed by atoms with van der Waals surface area (Å²) in [6.07, 6.45) is 1.39. The van der Waals surface area contributed by atoms with Crippen LogP contribution in [0.5, 0.6) is 0 Å². The van der Waals surface area contributed by atoms with E-state index >= 15 is 0 Å². The van der Waals surface area contributed by atoms with Crippen LogP contribution in [0, 0.1) is 6.92 Å². The topological polar surface area (TPSA) is 55.1 Å². The summed E-state index contributed by atoms with van der Waals surface area (Å²) in [4.78, 5) is 15.1. The molecule has 0 saturated carbocycles. The quantitative estimate of drug-likeness (QED) is 0.774. The van der Waals surface area contributed by atoms with Crippen LogP contribution >= 0.6 is 0 Å². The van der Waals surface area contributed by atoms with Crippen molar-refractivity contribution < 1.29 is 9.90 Å². The molecule has 0 unspecified atom stereocenters. The third-order valence-electron chi connectivity index (χ3n) is 3.47. The molecule has 4 heteroatoms. The summed E-state index contributed by atoms with van der Waals surface area (Å²) in [5, 5.41) is 10.1. The number of nitrogens with zero attached hydrogens (tertiary/aromatic N) is 2. The first-order chi connectivity index (χ1) is 9.56. The zero-order valence-corrected chi connectivity index (χ0v) is 11.3. The van der Waals surface area contributed by atoms with Gasteiger partial charge in [0.25, 0.3) is 0 Å². The number of fused-ring (bicyclic) bond motifs is 1. The molecular weight excluding hydrogens is 252 g/mol. The van der Waals surface area contributed by atoms with Gasteiger partial charge in [0.2, 0.25) is 0 Å². The Morgan fingerprint density at radius 1 is 1.20 bits per heavy atom. The van der Waals surface area contributed by atoms with E-state index < -0.39 is 5.97 Å². The van der Waals surface area contributed by atoms with Gasteiger partial charge in [0.05, 0.1) is 17.0 Å². The molecule has 0 aliphatic rings. The molecular formula is C16H14N2O2. The van der Waals surface area contributed by atoms with Crippen molar-refractivity contribution in [3.05, 3.63) is 53.7 Å². The van der Waals surface area contributed by atoms with Gasteiger partial charge >= 0.3 is 5.97 Å². The molecule has 20 heavy (non-hydrogen) atoms. The maximum absolute atomic E-state index is 10.8. The van der Waals surface area contributed by atoms with Crippen LogP contribution in [0.4, 0.5) is 0 Å². The SMILES string of the molecule is Cc1ccc2cc(-c3ccc(C(=O)O)cn3)n(C)c2c1. The van der Waals surface area contributed by atoms with Gasteiger partial charge in [0, 0.05) is 24.1 Å². The van der Waals surface area contributed by atoms with E-state index in [2.05, 4.69) is 40.7 Å². The molecule has 0 atom stereocenters. The molecule has 0 spiro atoms. The van der Waals surface area contributed by atoms with E-state index in [0.717, 1.165) is 22.3 Å².